The molecule has 3 N–H and O–H groups in total. The number of nitrogens with two attached hydrogens (primary N) is 1. The van der Waals surface area contributed by atoms with Crippen LogP contribution in [0.3, 0.4) is 0 Å². The van der Waals surface area contributed by atoms with E-state index in [1.165, 1.54) is 19.4 Å². The first-order valence-electron chi connectivity index (χ1n) is 7.38. The van der Waals surface area contributed by atoms with Gasteiger partial charge in [-0.3, -0.25) is 9.89 Å². The normalized spacial score (nSPS) is 22.1. The Hall–Kier alpha value is -1.14. The molecule has 0 aromatic carbocycles. The van der Waals surface area contributed by atoms with E-state index in [1.54, 1.807) is 11.3 Å². The lowest BCUT2D eigenvalue weighted by Gasteiger charge is -2.23. The number of likely N-dealkylation sites (N-methyl/N-ethyl adjacent to an activating group) is 1. The Kier molecular flexibility index (Phi) is 5.79. The second-order valence-electron chi connectivity index (χ2n) is 5.30. The number of nitrogens with zero attached hydrogens (tertiary/aromatic N) is 3. The summed E-state index contributed by atoms with van der Waals surface area (Å²) in [5.74, 6) is 0.880. The summed E-state index contributed by atoms with van der Waals surface area (Å²) in [6.45, 7) is 8.26. The molecule has 2 unspecified atom stereocenters. The van der Waals surface area contributed by atoms with Crippen molar-refractivity contribution in [3.63, 3.8) is 0 Å². The van der Waals surface area contributed by atoms with Crippen LogP contribution in [0.4, 0.5) is 0 Å². The van der Waals surface area contributed by atoms with E-state index >= 15 is 0 Å². The Bertz CT molecular complexity index is 417. The zero-order valence-electron chi connectivity index (χ0n) is 12.4. The maximum atomic E-state index is 5.94. The molecule has 0 radical (unpaired) electrons. The van der Waals surface area contributed by atoms with Crippen molar-refractivity contribution >= 4 is 17.3 Å². The first-order valence-corrected chi connectivity index (χ1v) is 8.26. The predicted octanol–water partition coefficient (Wildman–Crippen LogP) is 1.64. The van der Waals surface area contributed by atoms with E-state index in [2.05, 4.69) is 34.0 Å². The van der Waals surface area contributed by atoms with Crippen LogP contribution in [0.15, 0.2) is 16.6 Å². The van der Waals surface area contributed by atoms with Crippen LogP contribution in [0.2, 0.25) is 0 Å². The summed E-state index contributed by atoms with van der Waals surface area (Å²) in [5.41, 5.74) is 5.94. The van der Waals surface area contributed by atoms with Gasteiger partial charge in [-0.15, -0.1) is 11.3 Å². The highest BCUT2D eigenvalue weighted by molar-refractivity contribution is 7.09. The molecule has 1 aliphatic heterocycles. The number of aliphatic imine (C=N–C) groups is 1. The third-order valence-electron chi connectivity index (χ3n) is 3.83. The summed E-state index contributed by atoms with van der Waals surface area (Å²) in [7, 11) is 0. The molecule has 0 amide bonds. The molecule has 2 rings (SSSR count). The van der Waals surface area contributed by atoms with E-state index < -0.39 is 0 Å². The summed E-state index contributed by atoms with van der Waals surface area (Å²) in [4.78, 5) is 11.2. The number of rotatable bonds is 6. The van der Waals surface area contributed by atoms with Crippen LogP contribution < -0.4 is 11.1 Å². The maximum absolute atomic E-state index is 5.94. The fraction of sp³-hybridized carbons (Fsp3) is 0.714. The van der Waals surface area contributed by atoms with Crippen molar-refractivity contribution in [3.8, 4) is 0 Å². The molecule has 1 aliphatic rings. The largest absolute Gasteiger partial charge is 0.370 e. The van der Waals surface area contributed by atoms with Crippen LogP contribution in [-0.4, -0.2) is 48.1 Å². The lowest BCUT2D eigenvalue weighted by molar-refractivity contribution is 0.267. The molecular formula is C14H25N5S. The van der Waals surface area contributed by atoms with Gasteiger partial charge in [0.1, 0.15) is 0 Å². The zero-order valence-corrected chi connectivity index (χ0v) is 13.2. The smallest absolute Gasteiger partial charge is 0.188 e. The Morgan fingerprint density at radius 3 is 3.25 bits per heavy atom. The standard InChI is InChI=1S/C14H25N5S/c1-3-19-7-4-5-12(19)10-18-14(15)17-9-11(2)13-16-6-8-20-13/h6,8,11-12H,3-5,7,9-10H2,1-2H3,(H3,15,17,18). The number of hydrogen-bond donors (Lipinski definition) is 2. The molecule has 1 aromatic heterocycles. The molecule has 0 spiro atoms. The summed E-state index contributed by atoms with van der Waals surface area (Å²) in [5, 5.41) is 6.38. The van der Waals surface area contributed by atoms with Crippen LogP contribution in [-0.2, 0) is 0 Å². The number of nitrogens with one attached hydrogen (secondary N) is 1. The minimum atomic E-state index is 0.328. The molecule has 0 bridgehead atoms. The van der Waals surface area contributed by atoms with E-state index in [9.17, 15) is 0 Å². The Labute approximate surface area is 125 Å². The predicted molar refractivity (Wildman–Crippen MR) is 85.3 cm³/mol. The lowest BCUT2D eigenvalue weighted by Crippen LogP contribution is -2.42. The number of aromatic nitrogens is 1. The fourth-order valence-corrected chi connectivity index (χ4v) is 3.30. The highest BCUT2D eigenvalue weighted by Crippen LogP contribution is 2.17. The van der Waals surface area contributed by atoms with Crippen LogP contribution in [0.1, 0.15) is 37.6 Å². The van der Waals surface area contributed by atoms with Crippen molar-refractivity contribution in [1.82, 2.24) is 15.2 Å². The molecule has 0 aliphatic carbocycles. The van der Waals surface area contributed by atoms with Gasteiger partial charge in [0, 0.05) is 30.1 Å². The Morgan fingerprint density at radius 2 is 2.55 bits per heavy atom. The molecule has 2 atom stereocenters. The van der Waals surface area contributed by atoms with Gasteiger partial charge in [-0.05, 0) is 25.9 Å². The quantitative estimate of drug-likeness (QED) is 0.618. The van der Waals surface area contributed by atoms with E-state index in [1.807, 2.05) is 11.6 Å². The first kappa shape index (κ1) is 15.3. The van der Waals surface area contributed by atoms with Crippen molar-refractivity contribution in [2.75, 3.05) is 26.2 Å². The van der Waals surface area contributed by atoms with Gasteiger partial charge in [0.2, 0.25) is 0 Å². The summed E-state index contributed by atoms with van der Waals surface area (Å²) >= 11 is 1.67. The van der Waals surface area contributed by atoms with Gasteiger partial charge in [-0.1, -0.05) is 13.8 Å². The van der Waals surface area contributed by atoms with Gasteiger partial charge in [0.15, 0.2) is 5.96 Å². The number of thiazole rings is 1. The monoisotopic (exact) mass is 295 g/mol. The Morgan fingerprint density at radius 1 is 1.70 bits per heavy atom. The third kappa shape index (κ3) is 4.18. The molecular weight excluding hydrogens is 270 g/mol. The molecule has 6 heteroatoms. The topological polar surface area (TPSA) is 66.5 Å². The fourth-order valence-electron chi connectivity index (χ4n) is 2.61. The molecule has 2 heterocycles. The molecule has 0 saturated carbocycles. The van der Waals surface area contributed by atoms with Crippen molar-refractivity contribution < 1.29 is 0 Å². The van der Waals surface area contributed by atoms with Crippen LogP contribution in [0.25, 0.3) is 0 Å². The summed E-state index contributed by atoms with van der Waals surface area (Å²) in [6.07, 6.45) is 4.38. The highest BCUT2D eigenvalue weighted by Gasteiger charge is 2.22. The van der Waals surface area contributed by atoms with Crippen LogP contribution in [0.5, 0.6) is 0 Å². The van der Waals surface area contributed by atoms with Crippen molar-refractivity contribution in [2.24, 2.45) is 10.7 Å². The van der Waals surface area contributed by atoms with Gasteiger partial charge in [-0.25, -0.2) is 4.98 Å². The molecule has 1 fully saturated rings. The highest BCUT2D eigenvalue weighted by atomic mass is 32.1. The van der Waals surface area contributed by atoms with Gasteiger partial charge >= 0.3 is 0 Å². The van der Waals surface area contributed by atoms with Crippen molar-refractivity contribution in [1.29, 1.82) is 0 Å². The van der Waals surface area contributed by atoms with Gasteiger partial charge in [0.05, 0.1) is 11.6 Å². The van der Waals surface area contributed by atoms with Gasteiger partial charge < -0.3 is 11.1 Å². The summed E-state index contributed by atoms with van der Waals surface area (Å²) in [6, 6.07) is 0.602. The van der Waals surface area contributed by atoms with Crippen LogP contribution >= 0.6 is 11.3 Å². The SMILES string of the molecule is CCN1CCCC1CNC(N)=NCC(C)c1nccs1. The van der Waals surface area contributed by atoms with E-state index in [-0.39, 0.29) is 0 Å². The van der Waals surface area contributed by atoms with E-state index in [0.717, 1.165) is 18.1 Å². The molecule has 1 aromatic rings. The second-order valence-corrected chi connectivity index (χ2v) is 6.23. The summed E-state index contributed by atoms with van der Waals surface area (Å²) < 4.78 is 0. The average Bonchev–Trinajstić information content (AvgIpc) is 3.12. The molecule has 20 heavy (non-hydrogen) atoms. The number of likely N-dealkylation sites (tertiary alicyclic amines) is 1. The molecule has 112 valence electrons. The average molecular weight is 295 g/mol. The minimum absolute atomic E-state index is 0.328. The van der Waals surface area contributed by atoms with Crippen molar-refractivity contribution in [2.45, 2.75) is 38.6 Å². The lowest BCUT2D eigenvalue weighted by atomic mass is 10.2. The maximum Gasteiger partial charge on any atom is 0.188 e. The third-order valence-corrected chi connectivity index (χ3v) is 4.84. The van der Waals surface area contributed by atoms with Crippen LogP contribution in [0, 0.1) is 0 Å². The zero-order chi connectivity index (χ0) is 14.4. The Balaban J connectivity index is 1.74. The van der Waals surface area contributed by atoms with Gasteiger partial charge in [0.25, 0.3) is 0 Å². The van der Waals surface area contributed by atoms with E-state index in [4.69, 9.17) is 5.73 Å². The van der Waals surface area contributed by atoms with Crippen molar-refractivity contribution in [3.05, 3.63) is 16.6 Å². The number of hydrogen-bond acceptors (Lipinski definition) is 4. The van der Waals surface area contributed by atoms with Gasteiger partial charge in [-0.2, -0.15) is 0 Å². The number of guanidine groups is 1. The van der Waals surface area contributed by atoms with E-state index in [0.29, 0.717) is 24.5 Å². The molecule has 1 saturated heterocycles. The minimum Gasteiger partial charge on any atom is -0.370 e. The first-order chi connectivity index (χ1) is 9.70. The second kappa shape index (κ2) is 7.59. The molecule has 5 nitrogen and oxygen atoms in total.